The molecule has 3 aromatic carbocycles. The summed E-state index contributed by atoms with van der Waals surface area (Å²) in [4.78, 5) is 25.8. The van der Waals surface area contributed by atoms with Crippen LogP contribution in [0, 0.1) is 6.92 Å². The topological polar surface area (TPSA) is 81.3 Å². The second-order valence-electron chi connectivity index (χ2n) is 8.06. The van der Waals surface area contributed by atoms with E-state index >= 15 is 0 Å². The van der Waals surface area contributed by atoms with Crippen LogP contribution in [0.5, 0.6) is 0 Å². The molecule has 0 saturated heterocycles. The average Bonchev–Trinajstić information content (AvgIpc) is 3.26. The van der Waals surface area contributed by atoms with Gasteiger partial charge in [-0.3, -0.25) is 18.6 Å². The van der Waals surface area contributed by atoms with Crippen LogP contribution in [0.3, 0.4) is 0 Å². The molecule has 0 atom stereocenters. The van der Waals surface area contributed by atoms with Gasteiger partial charge in [-0.15, -0.1) is 10.2 Å². The molecule has 0 aliphatic carbocycles. The third-order valence-corrected chi connectivity index (χ3v) is 5.67. The number of benzene rings is 3. The minimum atomic E-state index is -0.112. The average molecular weight is 438 g/mol. The van der Waals surface area contributed by atoms with Crippen LogP contribution in [0.2, 0.25) is 0 Å². The van der Waals surface area contributed by atoms with E-state index < -0.39 is 0 Å². The molecule has 0 unspecified atom stereocenters. The molecule has 0 aliphatic rings. The van der Waals surface area contributed by atoms with E-state index in [-0.39, 0.29) is 17.9 Å². The van der Waals surface area contributed by atoms with E-state index in [0.29, 0.717) is 30.0 Å². The van der Waals surface area contributed by atoms with Gasteiger partial charge in [0, 0.05) is 18.5 Å². The zero-order valence-corrected chi connectivity index (χ0v) is 18.2. The number of anilines is 1. The molecule has 2 heterocycles. The van der Waals surface area contributed by atoms with Gasteiger partial charge >= 0.3 is 0 Å². The van der Waals surface area contributed by atoms with Gasteiger partial charge in [0.1, 0.15) is 5.82 Å². The van der Waals surface area contributed by atoms with Crippen molar-refractivity contribution in [1.82, 2.24) is 19.2 Å². The fourth-order valence-electron chi connectivity index (χ4n) is 3.97. The normalized spacial score (nSPS) is 11.2. The van der Waals surface area contributed by atoms with Gasteiger partial charge in [0.2, 0.25) is 11.7 Å². The van der Waals surface area contributed by atoms with Crippen molar-refractivity contribution in [3.8, 4) is 0 Å². The maximum Gasteiger partial charge on any atom is 0.263 e. The summed E-state index contributed by atoms with van der Waals surface area (Å²) in [6.07, 6.45) is 0.646. The maximum atomic E-state index is 13.3. The van der Waals surface area contributed by atoms with Crippen LogP contribution in [0.4, 0.5) is 5.69 Å². The Morgan fingerprint density at radius 1 is 0.909 bits per heavy atom. The molecule has 5 rings (SSSR count). The lowest BCUT2D eigenvalue weighted by atomic mass is 10.1. The number of hydrogen-bond donors (Lipinski definition) is 1. The number of nitrogens with zero attached hydrogens (tertiary/aromatic N) is 4. The van der Waals surface area contributed by atoms with E-state index in [4.69, 9.17) is 0 Å². The molecule has 0 bridgehead atoms. The molecule has 0 aliphatic heterocycles. The number of fused-ring (bicyclic) bond motifs is 3. The van der Waals surface area contributed by atoms with Crippen molar-refractivity contribution < 1.29 is 4.79 Å². The van der Waals surface area contributed by atoms with Gasteiger partial charge in [0.15, 0.2) is 0 Å². The second-order valence-corrected chi connectivity index (χ2v) is 8.06. The number of carbonyl (C=O) groups excluding carboxylic acids is 1. The lowest BCUT2D eigenvalue weighted by Crippen LogP contribution is -2.24. The Kier molecular flexibility index (Phi) is 5.44. The number of amides is 1. The molecule has 0 radical (unpaired) electrons. The monoisotopic (exact) mass is 437 g/mol. The number of aryl methyl sites for hydroxylation is 2. The number of rotatable bonds is 6. The largest absolute Gasteiger partial charge is 0.326 e. The van der Waals surface area contributed by atoms with Crippen molar-refractivity contribution in [2.24, 2.45) is 0 Å². The van der Waals surface area contributed by atoms with Gasteiger partial charge in [0.05, 0.1) is 17.4 Å². The predicted molar refractivity (Wildman–Crippen MR) is 128 cm³/mol. The van der Waals surface area contributed by atoms with E-state index in [9.17, 15) is 9.59 Å². The van der Waals surface area contributed by atoms with Crippen molar-refractivity contribution >= 4 is 28.3 Å². The molecule has 1 amide bonds. The summed E-state index contributed by atoms with van der Waals surface area (Å²) >= 11 is 0. The van der Waals surface area contributed by atoms with Crippen LogP contribution in [-0.4, -0.2) is 25.1 Å². The third kappa shape index (κ3) is 4.13. The summed E-state index contributed by atoms with van der Waals surface area (Å²) in [5, 5.41) is 12.2. The van der Waals surface area contributed by atoms with Crippen molar-refractivity contribution in [1.29, 1.82) is 0 Å². The van der Waals surface area contributed by atoms with Crippen molar-refractivity contribution in [3.63, 3.8) is 0 Å². The van der Waals surface area contributed by atoms with Crippen LogP contribution < -0.4 is 10.9 Å². The van der Waals surface area contributed by atoms with Crippen molar-refractivity contribution in [2.45, 2.75) is 26.3 Å². The molecule has 33 heavy (non-hydrogen) atoms. The Morgan fingerprint density at radius 3 is 2.42 bits per heavy atom. The molecule has 2 aromatic heterocycles. The molecule has 5 aromatic rings. The summed E-state index contributed by atoms with van der Waals surface area (Å²) in [6, 6.07) is 24.9. The van der Waals surface area contributed by atoms with Crippen LogP contribution in [0.25, 0.3) is 16.7 Å². The smallest absolute Gasteiger partial charge is 0.263 e. The Labute approximate surface area is 190 Å². The second kappa shape index (κ2) is 8.70. The number of carbonyl (C=O) groups is 1. The summed E-state index contributed by atoms with van der Waals surface area (Å²) < 4.78 is 3.54. The van der Waals surface area contributed by atoms with Gasteiger partial charge in [-0.2, -0.15) is 0 Å². The first-order chi connectivity index (χ1) is 16.1. The number of aromatic nitrogens is 4. The molecule has 0 fully saturated rings. The highest BCUT2D eigenvalue weighted by Gasteiger charge is 2.17. The highest BCUT2D eigenvalue weighted by molar-refractivity contribution is 5.90. The Balaban J connectivity index is 1.51. The Bertz CT molecular complexity index is 1500. The SMILES string of the molecule is Cc1ccc(Cn2c(=O)c3ccccc3n3c(CCC(=O)Nc4ccccc4)nnc23)cc1. The van der Waals surface area contributed by atoms with E-state index in [1.54, 1.807) is 4.57 Å². The van der Waals surface area contributed by atoms with Gasteiger partial charge in [0.25, 0.3) is 5.56 Å². The highest BCUT2D eigenvalue weighted by Crippen LogP contribution is 2.17. The summed E-state index contributed by atoms with van der Waals surface area (Å²) in [6.45, 7) is 2.42. The van der Waals surface area contributed by atoms with Gasteiger partial charge < -0.3 is 5.32 Å². The van der Waals surface area contributed by atoms with Crippen LogP contribution in [0.1, 0.15) is 23.4 Å². The van der Waals surface area contributed by atoms with Crippen molar-refractivity contribution in [3.05, 3.63) is 106 Å². The van der Waals surface area contributed by atoms with Gasteiger partial charge in [-0.25, -0.2) is 0 Å². The number of hydrogen-bond acceptors (Lipinski definition) is 4. The van der Waals surface area contributed by atoms with Gasteiger partial charge in [-0.1, -0.05) is 60.2 Å². The summed E-state index contributed by atoms with van der Waals surface area (Å²) in [5.74, 6) is 1.01. The minimum Gasteiger partial charge on any atom is -0.326 e. The maximum absolute atomic E-state index is 13.3. The lowest BCUT2D eigenvalue weighted by Gasteiger charge is -2.12. The van der Waals surface area contributed by atoms with Gasteiger partial charge in [-0.05, 0) is 36.8 Å². The quantitative estimate of drug-likeness (QED) is 0.436. The third-order valence-electron chi connectivity index (χ3n) is 5.67. The zero-order chi connectivity index (χ0) is 22.8. The molecule has 7 nitrogen and oxygen atoms in total. The lowest BCUT2D eigenvalue weighted by molar-refractivity contribution is -0.116. The van der Waals surface area contributed by atoms with E-state index in [1.165, 1.54) is 0 Å². The molecule has 164 valence electrons. The predicted octanol–water partition coefficient (Wildman–Crippen LogP) is 3.97. The van der Waals surface area contributed by atoms with Crippen LogP contribution in [-0.2, 0) is 17.8 Å². The van der Waals surface area contributed by atoms with E-state index in [1.807, 2.05) is 90.2 Å². The first-order valence-corrected chi connectivity index (χ1v) is 10.9. The molecule has 0 spiro atoms. The van der Waals surface area contributed by atoms with Crippen LogP contribution in [0.15, 0.2) is 83.7 Å². The molecular formula is C26H23N5O2. The molecule has 0 saturated carbocycles. The minimum absolute atomic E-state index is 0.102. The Hall–Kier alpha value is -4.26. The fraction of sp³-hybridized carbons (Fsp3) is 0.154. The number of nitrogens with one attached hydrogen (secondary N) is 1. The van der Waals surface area contributed by atoms with Crippen LogP contribution >= 0.6 is 0 Å². The Morgan fingerprint density at radius 2 is 1.64 bits per heavy atom. The first kappa shape index (κ1) is 20.6. The standard InChI is InChI=1S/C26H23N5O2/c1-18-11-13-19(14-12-18)17-30-25(33)21-9-5-6-10-22(21)31-23(28-29-26(30)31)15-16-24(32)27-20-7-3-2-4-8-20/h2-14H,15-17H2,1H3,(H,27,32). The molecule has 7 heteroatoms. The molecular weight excluding hydrogens is 414 g/mol. The molecule has 1 N–H and O–H groups in total. The van der Waals surface area contributed by atoms with Crippen molar-refractivity contribution in [2.75, 3.05) is 5.32 Å². The van der Waals surface area contributed by atoms with E-state index in [2.05, 4.69) is 15.5 Å². The number of para-hydroxylation sites is 2. The summed E-state index contributed by atoms with van der Waals surface area (Å²) in [7, 11) is 0. The first-order valence-electron chi connectivity index (χ1n) is 10.9. The highest BCUT2D eigenvalue weighted by atomic mass is 16.1. The zero-order valence-electron chi connectivity index (χ0n) is 18.2. The summed E-state index contributed by atoms with van der Waals surface area (Å²) in [5.41, 5.74) is 3.55. The van der Waals surface area contributed by atoms with E-state index in [0.717, 1.165) is 22.3 Å². The fourth-order valence-corrected chi connectivity index (χ4v) is 3.97.